The first kappa shape index (κ1) is 15.9. The number of nitrogens with two attached hydrogens (primary N) is 1. The molecule has 2 aromatic rings. The molecule has 3 heteroatoms. The van der Waals surface area contributed by atoms with Crippen LogP contribution in [0.25, 0.3) is 0 Å². The van der Waals surface area contributed by atoms with Crippen molar-refractivity contribution in [3.8, 4) is 11.5 Å². The standard InChI is InChI=1S/C18H22ClNO/c1-4-15(20)11-14-6-5-7-16(19)18(14)21-17-9-8-12(2)10-13(17)3/h5-10,15H,4,11,20H2,1-3H3. The number of rotatable bonds is 5. The fraction of sp³-hybridized carbons (Fsp3) is 0.333. The van der Waals surface area contributed by atoms with Gasteiger partial charge in [0.1, 0.15) is 11.5 Å². The van der Waals surface area contributed by atoms with Gasteiger partial charge in [0.15, 0.2) is 0 Å². The normalized spacial score (nSPS) is 12.2. The Morgan fingerprint density at radius 3 is 2.62 bits per heavy atom. The fourth-order valence-corrected chi connectivity index (χ4v) is 2.51. The Bertz CT molecular complexity index is 625. The highest BCUT2D eigenvalue weighted by Crippen LogP contribution is 2.35. The smallest absolute Gasteiger partial charge is 0.149 e. The van der Waals surface area contributed by atoms with E-state index in [1.807, 2.05) is 37.3 Å². The van der Waals surface area contributed by atoms with E-state index in [4.69, 9.17) is 22.1 Å². The molecule has 0 bridgehead atoms. The van der Waals surface area contributed by atoms with Crippen molar-refractivity contribution in [3.05, 3.63) is 58.1 Å². The van der Waals surface area contributed by atoms with Crippen LogP contribution in [0.15, 0.2) is 36.4 Å². The third-order valence-electron chi connectivity index (χ3n) is 3.60. The summed E-state index contributed by atoms with van der Waals surface area (Å²) in [5, 5.41) is 0.621. The van der Waals surface area contributed by atoms with Crippen LogP contribution in [0.3, 0.4) is 0 Å². The van der Waals surface area contributed by atoms with Crippen molar-refractivity contribution < 1.29 is 4.74 Å². The zero-order valence-corrected chi connectivity index (χ0v) is 13.6. The van der Waals surface area contributed by atoms with Crippen LogP contribution in [0, 0.1) is 13.8 Å². The highest BCUT2D eigenvalue weighted by Gasteiger charge is 2.13. The maximum Gasteiger partial charge on any atom is 0.149 e. The zero-order valence-electron chi connectivity index (χ0n) is 12.8. The molecule has 0 spiro atoms. The number of aryl methyl sites for hydroxylation is 2. The largest absolute Gasteiger partial charge is 0.455 e. The molecule has 0 aliphatic rings. The monoisotopic (exact) mass is 303 g/mol. The Kier molecular flexibility index (Phi) is 5.27. The first-order valence-corrected chi connectivity index (χ1v) is 7.67. The molecule has 112 valence electrons. The van der Waals surface area contributed by atoms with Gasteiger partial charge in [-0.3, -0.25) is 0 Å². The highest BCUT2D eigenvalue weighted by molar-refractivity contribution is 6.32. The van der Waals surface area contributed by atoms with Crippen molar-refractivity contribution in [3.63, 3.8) is 0 Å². The minimum atomic E-state index is 0.116. The van der Waals surface area contributed by atoms with E-state index in [2.05, 4.69) is 19.9 Å². The van der Waals surface area contributed by atoms with E-state index >= 15 is 0 Å². The SMILES string of the molecule is CCC(N)Cc1cccc(Cl)c1Oc1ccc(C)cc1C. The van der Waals surface area contributed by atoms with Gasteiger partial charge in [-0.15, -0.1) is 0 Å². The maximum absolute atomic E-state index is 6.32. The molecule has 0 heterocycles. The van der Waals surface area contributed by atoms with Gasteiger partial charge in [-0.2, -0.15) is 0 Å². The van der Waals surface area contributed by atoms with Crippen LogP contribution < -0.4 is 10.5 Å². The second-order valence-electron chi connectivity index (χ2n) is 5.47. The lowest BCUT2D eigenvalue weighted by Crippen LogP contribution is -2.21. The topological polar surface area (TPSA) is 35.2 Å². The first-order valence-electron chi connectivity index (χ1n) is 7.29. The van der Waals surface area contributed by atoms with Gasteiger partial charge < -0.3 is 10.5 Å². The Balaban J connectivity index is 2.34. The Morgan fingerprint density at radius 2 is 1.95 bits per heavy atom. The minimum absolute atomic E-state index is 0.116. The molecule has 2 N–H and O–H groups in total. The fourth-order valence-electron chi connectivity index (χ4n) is 2.28. The molecule has 0 aliphatic carbocycles. The van der Waals surface area contributed by atoms with E-state index in [1.54, 1.807) is 0 Å². The van der Waals surface area contributed by atoms with E-state index in [0.29, 0.717) is 5.02 Å². The lowest BCUT2D eigenvalue weighted by atomic mass is 10.0. The molecule has 0 saturated carbocycles. The van der Waals surface area contributed by atoms with Crippen molar-refractivity contribution in [2.75, 3.05) is 0 Å². The Morgan fingerprint density at radius 1 is 1.19 bits per heavy atom. The van der Waals surface area contributed by atoms with E-state index in [0.717, 1.165) is 35.5 Å². The van der Waals surface area contributed by atoms with Gasteiger partial charge in [0.05, 0.1) is 5.02 Å². The number of para-hydroxylation sites is 1. The van der Waals surface area contributed by atoms with Crippen molar-refractivity contribution in [2.24, 2.45) is 5.73 Å². The summed E-state index contributed by atoms with van der Waals surface area (Å²) in [6.07, 6.45) is 1.69. The second-order valence-corrected chi connectivity index (χ2v) is 5.88. The predicted octanol–water partition coefficient (Wildman–Crippen LogP) is 5.03. The lowest BCUT2D eigenvalue weighted by molar-refractivity contribution is 0.469. The molecule has 2 nitrogen and oxygen atoms in total. The molecule has 2 aromatic carbocycles. The van der Waals surface area contributed by atoms with Crippen LogP contribution in [0.2, 0.25) is 5.02 Å². The summed E-state index contributed by atoms with van der Waals surface area (Å²) in [7, 11) is 0. The van der Waals surface area contributed by atoms with Crippen LogP contribution >= 0.6 is 11.6 Å². The van der Waals surface area contributed by atoms with Crippen molar-refractivity contribution in [1.29, 1.82) is 0 Å². The average Bonchev–Trinajstić information content (AvgIpc) is 2.44. The molecular formula is C18H22ClNO. The van der Waals surface area contributed by atoms with Gasteiger partial charge >= 0.3 is 0 Å². The van der Waals surface area contributed by atoms with Gasteiger partial charge in [-0.05, 0) is 49.9 Å². The van der Waals surface area contributed by atoms with Crippen LogP contribution in [-0.2, 0) is 6.42 Å². The van der Waals surface area contributed by atoms with Crippen LogP contribution in [0.4, 0.5) is 0 Å². The van der Waals surface area contributed by atoms with Crippen molar-refractivity contribution in [1.82, 2.24) is 0 Å². The summed E-state index contributed by atoms with van der Waals surface area (Å²) in [5.41, 5.74) is 9.43. The number of benzene rings is 2. The lowest BCUT2D eigenvalue weighted by Gasteiger charge is -2.16. The number of halogens is 1. The van der Waals surface area contributed by atoms with Crippen molar-refractivity contribution in [2.45, 2.75) is 39.7 Å². The van der Waals surface area contributed by atoms with Crippen LogP contribution in [-0.4, -0.2) is 6.04 Å². The molecule has 0 fully saturated rings. The molecule has 1 atom stereocenters. The molecular weight excluding hydrogens is 282 g/mol. The van der Waals surface area contributed by atoms with E-state index in [9.17, 15) is 0 Å². The molecule has 2 rings (SSSR count). The molecule has 1 unspecified atom stereocenters. The predicted molar refractivity (Wildman–Crippen MR) is 89.4 cm³/mol. The summed E-state index contributed by atoms with van der Waals surface area (Å²) >= 11 is 6.32. The quantitative estimate of drug-likeness (QED) is 0.841. The highest BCUT2D eigenvalue weighted by atomic mass is 35.5. The van der Waals surface area contributed by atoms with E-state index in [-0.39, 0.29) is 6.04 Å². The van der Waals surface area contributed by atoms with E-state index < -0.39 is 0 Å². The van der Waals surface area contributed by atoms with Crippen molar-refractivity contribution >= 4 is 11.6 Å². The number of hydrogen-bond acceptors (Lipinski definition) is 2. The first-order chi connectivity index (χ1) is 10.0. The minimum Gasteiger partial charge on any atom is -0.455 e. The molecule has 0 aromatic heterocycles. The molecule has 0 amide bonds. The molecule has 0 aliphatic heterocycles. The third-order valence-corrected chi connectivity index (χ3v) is 3.90. The summed E-state index contributed by atoms with van der Waals surface area (Å²) in [5.74, 6) is 1.55. The summed E-state index contributed by atoms with van der Waals surface area (Å²) in [4.78, 5) is 0. The van der Waals surface area contributed by atoms with E-state index in [1.165, 1.54) is 5.56 Å². The molecule has 0 radical (unpaired) electrons. The third kappa shape index (κ3) is 3.99. The summed E-state index contributed by atoms with van der Waals surface area (Å²) < 4.78 is 6.08. The van der Waals surface area contributed by atoms with Gasteiger partial charge in [0, 0.05) is 6.04 Å². The number of hydrogen-bond donors (Lipinski definition) is 1. The number of ether oxygens (including phenoxy) is 1. The van der Waals surface area contributed by atoms with Gasteiger partial charge in [-0.25, -0.2) is 0 Å². The van der Waals surface area contributed by atoms with Gasteiger partial charge in [0.25, 0.3) is 0 Å². The van der Waals surface area contributed by atoms with Crippen LogP contribution in [0.5, 0.6) is 11.5 Å². The van der Waals surface area contributed by atoms with Crippen LogP contribution in [0.1, 0.15) is 30.0 Å². The molecule has 0 saturated heterocycles. The Hall–Kier alpha value is -1.51. The summed E-state index contributed by atoms with van der Waals surface area (Å²) in [6.45, 7) is 6.19. The Labute approximate surface area is 131 Å². The maximum atomic E-state index is 6.32. The van der Waals surface area contributed by atoms with Gasteiger partial charge in [-0.1, -0.05) is 48.4 Å². The average molecular weight is 304 g/mol. The molecule has 21 heavy (non-hydrogen) atoms. The summed E-state index contributed by atoms with van der Waals surface area (Å²) in [6, 6.07) is 12.1. The van der Waals surface area contributed by atoms with Gasteiger partial charge in [0.2, 0.25) is 0 Å². The zero-order chi connectivity index (χ0) is 15.4. The second kappa shape index (κ2) is 6.97.